The maximum Gasteiger partial charge on any atom is 0.0576 e. The van der Waals surface area contributed by atoms with E-state index in [-0.39, 0.29) is 0 Å². The average Bonchev–Trinajstić information content (AvgIpc) is 3.04. The van der Waals surface area contributed by atoms with Crippen molar-refractivity contribution in [1.29, 1.82) is 0 Å². The zero-order valence-electron chi connectivity index (χ0n) is 14.0. The fourth-order valence-corrected chi connectivity index (χ4v) is 3.35. The molecule has 0 saturated carbocycles. The van der Waals surface area contributed by atoms with Gasteiger partial charge in [0.05, 0.1) is 6.10 Å². The predicted molar refractivity (Wildman–Crippen MR) is 89.8 cm³/mol. The highest BCUT2D eigenvalue weighted by Crippen LogP contribution is 2.27. The van der Waals surface area contributed by atoms with Crippen molar-refractivity contribution in [3.63, 3.8) is 0 Å². The quantitative estimate of drug-likeness (QED) is 0.765. The summed E-state index contributed by atoms with van der Waals surface area (Å²) in [6.45, 7) is 8.68. The molecule has 1 N–H and O–H groups in total. The second-order valence-corrected chi connectivity index (χ2v) is 6.06. The van der Waals surface area contributed by atoms with Gasteiger partial charge in [-0.25, -0.2) is 0 Å². The van der Waals surface area contributed by atoms with Gasteiger partial charge >= 0.3 is 0 Å². The summed E-state index contributed by atoms with van der Waals surface area (Å²) in [5.41, 5.74) is 4.45. The van der Waals surface area contributed by atoms with Gasteiger partial charge in [-0.2, -0.15) is 0 Å². The van der Waals surface area contributed by atoms with Gasteiger partial charge in [-0.15, -0.1) is 0 Å². The molecular formula is C19H31NO. The van der Waals surface area contributed by atoms with Gasteiger partial charge in [-0.1, -0.05) is 39.0 Å². The van der Waals surface area contributed by atoms with Crippen LogP contribution in [0.5, 0.6) is 0 Å². The van der Waals surface area contributed by atoms with Gasteiger partial charge in [0.1, 0.15) is 0 Å². The highest BCUT2D eigenvalue weighted by Gasteiger charge is 2.20. The third kappa shape index (κ3) is 4.55. The lowest BCUT2D eigenvalue weighted by Crippen LogP contribution is -2.23. The van der Waals surface area contributed by atoms with Gasteiger partial charge in [-0.3, -0.25) is 0 Å². The van der Waals surface area contributed by atoms with Crippen molar-refractivity contribution >= 4 is 0 Å². The molecule has 0 spiro atoms. The molecule has 1 aliphatic heterocycles. The molecule has 2 heteroatoms. The van der Waals surface area contributed by atoms with Crippen LogP contribution in [0.4, 0.5) is 0 Å². The van der Waals surface area contributed by atoms with Crippen LogP contribution < -0.4 is 5.32 Å². The molecule has 118 valence electrons. The van der Waals surface area contributed by atoms with E-state index in [9.17, 15) is 0 Å². The minimum Gasteiger partial charge on any atom is -0.378 e. The Bertz CT molecular complexity index is 424. The minimum atomic E-state index is 0.473. The summed E-state index contributed by atoms with van der Waals surface area (Å²) >= 11 is 0. The predicted octanol–water partition coefficient (Wildman–Crippen LogP) is 4.42. The number of ether oxygens (including phenoxy) is 1. The first kappa shape index (κ1) is 16.5. The first-order valence-electron chi connectivity index (χ1n) is 8.75. The summed E-state index contributed by atoms with van der Waals surface area (Å²) in [6.07, 6.45) is 7.56. The molecule has 0 radical (unpaired) electrons. The molecule has 2 atom stereocenters. The standard InChI is InChI=1S/C19H31NO/c1-4-15-9-10-16(5-2)18(14-15)19(20-6-3)12-11-17-8-7-13-21-17/h9-10,14,17,19-20H,4-8,11-13H2,1-3H3. The summed E-state index contributed by atoms with van der Waals surface area (Å²) < 4.78 is 5.79. The van der Waals surface area contributed by atoms with Crippen LogP contribution in [0.2, 0.25) is 0 Å². The number of rotatable bonds is 8. The third-order valence-electron chi connectivity index (χ3n) is 4.63. The van der Waals surface area contributed by atoms with E-state index >= 15 is 0 Å². The Hall–Kier alpha value is -0.860. The summed E-state index contributed by atoms with van der Waals surface area (Å²) in [5.74, 6) is 0. The number of aryl methyl sites for hydroxylation is 2. The molecule has 1 fully saturated rings. The van der Waals surface area contributed by atoms with E-state index in [1.165, 1.54) is 42.4 Å². The maximum atomic E-state index is 5.79. The van der Waals surface area contributed by atoms with Crippen LogP contribution in [0.1, 0.15) is 69.2 Å². The van der Waals surface area contributed by atoms with Crippen molar-refractivity contribution in [3.8, 4) is 0 Å². The molecule has 2 unspecified atom stereocenters. The maximum absolute atomic E-state index is 5.79. The largest absolute Gasteiger partial charge is 0.378 e. The zero-order chi connectivity index (χ0) is 15.1. The molecule has 0 aliphatic carbocycles. The van der Waals surface area contributed by atoms with Gasteiger partial charge in [0, 0.05) is 12.6 Å². The number of hydrogen-bond acceptors (Lipinski definition) is 2. The van der Waals surface area contributed by atoms with Gasteiger partial charge < -0.3 is 10.1 Å². The highest BCUT2D eigenvalue weighted by molar-refractivity contribution is 5.34. The Morgan fingerprint density at radius 3 is 2.71 bits per heavy atom. The van der Waals surface area contributed by atoms with Crippen LogP contribution in [0, 0.1) is 0 Å². The van der Waals surface area contributed by atoms with Crippen molar-refractivity contribution in [2.24, 2.45) is 0 Å². The van der Waals surface area contributed by atoms with Crippen LogP contribution >= 0.6 is 0 Å². The van der Waals surface area contributed by atoms with Gasteiger partial charge in [0.25, 0.3) is 0 Å². The van der Waals surface area contributed by atoms with E-state index in [0.717, 1.165) is 26.0 Å². The van der Waals surface area contributed by atoms with Crippen LogP contribution in [-0.2, 0) is 17.6 Å². The van der Waals surface area contributed by atoms with Crippen LogP contribution in [0.3, 0.4) is 0 Å². The Balaban J connectivity index is 2.11. The lowest BCUT2D eigenvalue weighted by molar-refractivity contribution is 0.0996. The van der Waals surface area contributed by atoms with Gasteiger partial charge in [-0.05, 0) is 61.8 Å². The number of benzene rings is 1. The van der Waals surface area contributed by atoms with Crippen molar-refractivity contribution in [1.82, 2.24) is 5.32 Å². The Labute approximate surface area is 130 Å². The highest BCUT2D eigenvalue weighted by atomic mass is 16.5. The molecule has 0 aromatic heterocycles. The van der Waals surface area contributed by atoms with Crippen LogP contribution in [-0.4, -0.2) is 19.3 Å². The normalized spacial score (nSPS) is 19.9. The molecule has 2 nitrogen and oxygen atoms in total. The summed E-state index contributed by atoms with van der Waals surface area (Å²) in [6, 6.07) is 7.50. The van der Waals surface area contributed by atoms with Crippen molar-refractivity contribution in [3.05, 3.63) is 34.9 Å². The second kappa shape index (κ2) is 8.55. The van der Waals surface area contributed by atoms with E-state index in [0.29, 0.717) is 12.1 Å². The fourth-order valence-electron chi connectivity index (χ4n) is 3.35. The molecule has 1 aromatic carbocycles. The smallest absolute Gasteiger partial charge is 0.0576 e. The Morgan fingerprint density at radius 1 is 1.24 bits per heavy atom. The SMILES string of the molecule is CCNC(CCC1CCCO1)c1cc(CC)ccc1CC. The molecule has 1 saturated heterocycles. The fraction of sp³-hybridized carbons (Fsp3) is 0.684. The van der Waals surface area contributed by atoms with E-state index < -0.39 is 0 Å². The van der Waals surface area contributed by atoms with Crippen molar-refractivity contribution in [2.75, 3.05) is 13.2 Å². The van der Waals surface area contributed by atoms with Gasteiger partial charge in [0.15, 0.2) is 0 Å². The van der Waals surface area contributed by atoms with E-state index in [4.69, 9.17) is 4.74 Å². The molecular weight excluding hydrogens is 258 g/mol. The molecule has 1 aromatic rings. The molecule has 2 rings (SSSR count). The first-order valence-corrected chi connectivity index (χ1v) is 8.75. The molecule has 0 bridgehead atoms. The molecule has 1 aliphatic rings. The Morgan fingerprint density at radius 2 is 2.10 bits per heavy atom. The summed E-state index contributed by atoms with van der Waals surface area (Å²) in [5, 5.41) is 3.69. The van der Waals surface area contributed by atoms with E-state index in [2.05, 4.69) is 44.3 Å². The second-order valence-electron chi connectivity index (χ2n) is 6.06. The Kier molecular flexibility index (Phi) is 6.72. The molecule has 21 heavy (non-hydrogen) atoms. The minimum absolute atomic E-state index is 0.473. The lowest BCUT2D eigenvalue weighted by atomic mass is 9.92. The van der Waals surface area contributed by atoms with Crippen molar-refractivity contribution in [2.45, 2.75) is 71.4 Å². The molecule has 0 amide bonds. The number of nitrogens with one attached hydrogen (secondary N) is 1. The van der Waals surface area contributed by atoms with Gasteiger partial charge in [0.2, 0.25) is 0 Å². The van der Waals surface area contributed by atoms with E-state index in [1.54, 1.807) is 0 Å². The topological polar surface area (TPSA) is 21.3 Å². The monoisotopic (exact) mass is 289 g/mol. The molecule has 1 heterocycles. The van der Waals surface area contributed by atoms with Crippen molar-refractivity contribution < 1.29 is 4.74 Å². The third-order valence-corrected chi connectivity index (χ3v) is 4.63. The lowest BCUT2D eigenvalue weighted by Gasteiger charge is -2.23. The van der Waals surface area contributed by atoms with E-state index in [1.807, 2.05) is 0 Å². The average molecular weight is 289 g/mol. The summed E-state index contributed by atoms with van der Waals surface area (Å²) in [4.78, 5) is 0. The summed E-state index contributed by atoms with van der Waals surface area (Å²) in [7, 11) is 0. The zero-order valence-corrected chi connectivity index (χ0v) is 14.0. The number of hydrogen-bond donors (Lipinski definition) is 1. The van der Waals surface area contributed by atoms with Crippen LogP contribution in [0.25, 0.3) is 0 Å². The van der Waals surface area contributed by atoms with Crippen LogP contribution in [0.15, 0.2) is 18.2 Å². The first-order chi connectivity index (χ1) is 10.3.